The van der Waals surface area contributed by atoms with Crippen LogP contribution in [0.2, 0.25) is 5.02 Å². The molecule has 24 heteroatoms. The van der Waals surface area contributed by atoms with E-state index in [9.17, 15) is 37.7 Å². The number of pyridine rings is 1. The van der Waals surface area contributed by atoms with Crippen LogP contribution in [0.15, 0.2) is 126 Å². The van der Waals surface area contributed by atoms with Crippen molar-refractivity contribution in [3.8, 4) is 40.2 Å². The fourth-order valence-corrected chi connectivity index (χ4v) is 13.2. The van der Waals surface area contributed by atoms with Crippen molar-refractivity contribution in [1.29, 1.82) is 0 Å². The molecule has 4 amide bonds. The van der Waals surface area contributed by atoms with Crippen molar-refractivity contribution in [3.63, 3.8) is 0 Å². The topological polar surface area (TPSA) is 260 Å². The number of benzene rings is 5. The van der Waals surface area contributed by atoms with Crippen molar-refractivity contribution in [1.82, 2.24) is 34.7 Å². The SMILES string of the molecule is O=C1CCC(N2Cc3c(C#CCCOCCN4CC(COc5cccc(-c6ccc(Cl)cc6)c5CN5CCN(c6ccc(C(=O)NS(=O)(=O)c7ccc(NCC8CCOCC8)c([N+](=O)[O-])c7)c(Oc7cnc8[nH]ccc8c7)c6)CC5)C4)cccc3C2=O)C(=O)N1. The van der Waals surface area contributed by atoms with Crippen molar-refractivity contribution < 1.29 is 51.5 Å². The first kappa shape index (κ1) is 61.4. The van der Waals surface area contributed by atoms with Gasteiger partial charge in [0.15, 0.2) is 0 Å². The smallest absolute Gasteiger partial charge is 0.293 e. The number of hydrogen-bond donors (Lipinski definition) is 4. The van der Waals surface area contributed by atoms with E-state index in [0.717, 1.165) is 83.2 Å². The number of sulfonamides is 1. The minimum absolute atomic E-state index is 0.0788. The molecular weight excluding hydrogens is 1190 g/mol. The van der Waals surface area contributed by atoms with Gasteiger partial charge in [-0.05, 0) is 109 Å². The molecule has 1 atom stereocenters. The lowest BCUT2D eigenvalue weighted by atomic mass is 9.97. The minimum atomic E-state index is -4.62. The molecule has 5 aromatic carbocycles. The number of nitrogens with zero attached hydrogens (tertiary/aromatic N) is 6. The summed E-state index contributed by atoms with van der Waals surface area (Å²) in [5, 5.41) is 19.1. The summed E-state index contributed by atoms with van der Waals surface area (Å²) in [6.45, 7) is 9.19. The predicted molar refractivity (Wildman–Crippen MR) is 337 cm³/mol. The second-order valence-corrected chi connectivity index (χ2v) is 25.2. The molecule has 90 heavy (non-hydrogen) atoms. The van der Waals surface area contributed by atoms with Gasteiger partial charge in [0.05, 0.1) is 41.4 Å². The van der Waals surface area contributed by atoms with E-state index in [4.69, 9.17) is 30.5 Å². The van der Waals surface area contributed by atoms with Gasteiger partial charge in [-0.2, -0.15) is 0 Å². The fourth-order valence-electron chi connectivity index (χ4n) is 12.1. The van der Waals surface area contributed by atoms with Crippen LogP contribution in [0.3, 0.4) is 0 Å². The Kier molecular flexibility index (Phi) is 18.7. The lowest BCUT2D eigenvalue weighted by Crippen LogP contribution is -2.52. The number of ether oxygens (including phenoxy) is 4. The molecule has 2 aromatic heterocycles. The minimum Gasteiger partial charge on any atom is -0.493 e. The molecule has 22 nitrogen and oxygen atoms in total. The number of H-pyrrole nitrogens is 1. The van der Waals surface area contributed by atoms with Gasteiger partial charge in [0.2, 0.25) is 11.8 Å². The molecule has 7 heterocycles. The van der Waals surface area contributed by atoms with E-state index >= 15 is 0 Å². The van der Waals surface area contributed by atoms with Crippen LogP contribution in [0.4, 0.5) is 17.1 Å². The molecule has 4 N–H and O–H groups in total. The number of anilines is 2. The third-order valence-corrected chi connectivity index (χ3v) is 18.7. The van der Waals surface area contributed by atoms with Crippen LogP contribution in [0.25, 0.3) is 22.2 Å². The molecule has 466 valence electrons. The molecule has 5 aliphatic rings. The van der Waals surface area contributed by atoms with Gasteiger partial charge < -0.3 is 43.9 Å². The van der Waals surface area contributed by atoms with Gasteiger partial charge in [-0.1, -0.05) is 53.8 Å². The zero-order valence-electron chi connectivity index (χ0n) is 49.3. The highest BCUT2D eigenvalue weighted by atomic mass is 35.5. The van der Waals surface area contributed by atoms with E-state index in [2.05, 4.69) is 57.9 Å². The molecule has 0 bridgehead atoms. The number of hydrogen-bond acceptors (Lipinski definition) is 17. The number of aromatic nitrogens is 2. The molecule has 0 saturated carbocycles. The van der Waals surface area contributed by atoms with Crippen LogP contribution in [-0.2, 0) is 42.2 Å². The first-order valence-corrected chi connectivity index (χ1v) is 32.0. The Morgan fingerprint density at radius 1 is 0.867 bits per heavy atom. The van der Waals surface area contributed by atoms with Crippen LogP contribution >= 0.6 is 11.6 Å². The number of nitro groups is 1. The molecule has 0 spiro atoms. The maximum absolute atomic E-state index is 14.1. The Morgan fingerprint density at radius 3 is 2.47 bits per heavy atom. The van der Waals surface area contributed by atoms with E-state index in [1.165, 1.54) is 29.3 Å². The Labute approximate surface area is 525 Å². The molecule has 7 aromatic rings. The number of halogens is 1. The van der Waals surface area contributed by atoms with Crippen LogP contribution in [-0.4, -0.2) is 153 Å². The maximum Gasteiger partial charge on any atom is 0.293 e. The summed E-state index contributed by atoms with van der Waals surface area (Å²) >= 11 is 6.36. The first-order chi connectivity index (χ1) is 43.7. The second kappa shape index (κ2) is 27.5. The molecule has 1 unspecified atom stereocenters. The molecule has 12 rings (SSSR count). The van der Waals surface area contributed by atoms with Crippen molar-refractivity contribution in [2.75, 3.05) is 95.6 Å². The van der Waals surface area contributed by atoms with E-state index in [-0.39, 0.29) is 47.7 Å². The maximum atomic E-state index is 14.1. The molecule has 5 aliphatic heterocycles. The molecule has 0 aliphatic carbocycles. The monoisotopic (exact) mass is 1260 g/mol. The summed E-state index contributed by atoms with van der Waals surface area (Å²) in [4.78, 5) is 78.7. The number of nitro benzene ring substituents is 1. The average molecular weight is 1260 g/mol. The van der Waals surface area contributed by atoms with Crippen molar-refractivity contribution in [2.45, 2.75) is 56.1 Å². The van der Waals surface area contributed by atoms with Crippen LogP contribution in [0.5, 0.6) is 17.2 Å². The third kappa shape index (κ3) is 14.2. The summed E-state index contributed by atoms with van der Waals surface area (Å²) < 4.78 is 54.3. The number of nitrogens with one attached hydrogen (secondary N) is 4. The Balaban J connectivity index is 0.657. The van der Waals surface area contributed by atoms with E-state index < -0.39 is 43.4 Å². The summed E-state index contributed by atoms with van der Waals surface area (Å²) in [5.41, 5.74) is 6.21. The highest BCUT2D eigenvalue weighted by Crippen LogP contribution is 2.37. The number of piperazine rings is 1. The summed E-state index contributed by atoms with van der Waals surface area (Å²) in [6, 6.07) is 30.8. The molecule has 0 radical (unpaired) electrons. The summed E-state index contributed by atoms with van der Waals surface area (Å²) in [7, 11) is -4.62. The van der Waals surface area contributed by atoms with E-state index in [0.29, 0.717) is 113 Å². The quantitative estimate of drug-likeness (QED) is 0.0163. The average Bonchev–Trinajstić information content (AvgIpc) is 2.04. The van der Waals surface area contributed by atoms with Crippen LogP contribution < -0.4 is 29.7 Å². The lowest BCUT2D eigenvalue weighted by Gasteiger charge is -2.39. The van der Waals surface area contributed by atoms with Gasteiger partial charge >= 0.3 is 0 Å². The molecule has 4 fully saturated rings. The fraction of sp³-hybridized carbons (Fsp3) is 0.348. The Morgan fingerprint density at radius 2 is 1.67 bits per heavy atom. The van der Waals surface area contributed by atoms with Gasteiger partial charge in [-0.15, -0.1) is 0 Å². The van der Waals surface area contributed by atoms with Crippen molar-refractivity contribution in [2.24, 2.45) is 11.8 Å². The summed E-state index contributed by atoms with van der Waals surface area (Å²) in [5.74, 6) is 6.19. The largest absolute Gasteiger partial charge is 0.493 e. The standard InChI is InChI=1S/C66H67ClN10O12S/c67-48-12-10-46(11-13-48)52-7-4-9-60(88-42-44-38-74(39-44)28-32-86-29-2-1-5-45-6-3-8-53-55(45)41-76(66(53)81)58-18-19-62(78)71-65(58)80)56(52)40-73-24-26-75(27-25-73)49-14-16-54(61(34-49)89-50-33-47-20-23-68-63(47)70-37-50)64(79)72-90(84,85)51-15-17-57(59(35-51)77(82)83)69-36-43-21-30-87-31-22-43/h3-4,6-17,20,23,33-35,37,43-44,58,69H,2,18-19,21-22,24-32,36,38-42H2,(H,68,70)(H,72,79)(H,71,78,80). The zero-order chi connectivity index (χ0) is 62.3. The van der Waals surface area contributed by atoms with Crippen LogP contribution in [0, 0.1) is 33.8 Å². The van der Waals surface area contributed by atoms with Gasteiger partial charge in [0, 0.05) is 149 Å². The third-order valence-electron chi connectivity index (χ3n) is 17.1. The second-order valence-electron chi connectivity index (χ2n) is 23.1. The molecular formula is C66H67ClN10O12S. The number of aromatic amines is 1. The molecule has 4 saturated heterocycles. The lowest BCUT2D eigenvalue weighted by molar-refractivity contribution is -0.384. The van der Waals surface area contributed by atoms with Crippen molar-refractivity contribution in [3.05, 3.63) is 165 Å². The number of carbonyl (C=O) groups is 4. The van der Waals surface area contributed by atoms with E-state index in [1.54, 1.807) is 36.5 Å². The van der Waals surface area contributed by atoms with Gasteiger partial charge in [-0.3, -0.25) is 39.5 Å². The predicted octanol–water partition coefficient (Wildman–Crippen LogP) is 8.39. The number of fused-ring (bicyclic) bond motifs is 2. The summed E-state index contributed by atoms with van der Waals surface area (Å²) in [6.07, 6.45) is 5.87. The highest BCUT2D eigenvalue weighted by Gasteiger charge is 2.40. The number of piperidine rings is 1. The highest BCUT2D eigenvalue weighted by molar-refractivity contribution is 7.90. The Bertz CT molecular complexity index is 4040. The van der Waals surface area contributed by atoms with Crippen LogP contribution in [0.1, 0.15) is 69.5 Å². The first-order valence-electron chi connectivity index (χ1n) is 30.2. The van der Waals surface area contributed by atoms with Gasteiger partial charge in [-0.25, -0.2) is 18.1 Å². The number of carbonyl (C=O) groups excluding carboxylic acids is 4. The number of imide groups is 1. The Hall–Kier alpha value is -8.89. The van der Waals surface area contributed by atoms with Gasteiger partial charge in [0.1, 0.15) is 34.6 Å². The zero-order valence-corrected chi connectivity index (χ0v) is 50.9. The van der Waals surface area contributed by atoms with Crippen molar-refractivity contribution >= 4 is 73.3 Å². The van der Waals surface area contributed by atoms with E-state index in [1.807, 2.05) is 48.5 Å². The number of rotatable bonds is 22. The number of amides is 4. The van der Waals surface area contributed by atoms with Gasteiger partial charge in [0.25, 0.3) is 27.5 Å². The number of likely N-dealkylation sites (tertiary alicyclic amines) is 1. The normalized spacial score (nSPS) is 17.5.